The third kappa shape index (κ3) is 6.48. The molecule has 6 heteroatoms. The van der Waals surface area contributed by atoms with Crippen molar-refractivity contribution in [3.63, 3.8) is 0 Å². The van der Waals surface area contributed by atoms with E-state index in [0.717, 1.165) is 72.4 Å². The Balaban J connectivity index is 1.06. The smallest absolute Gasteiger partial charge is 0.136 e. The average Bonchev–Trinajstić information content (AvgIpc) is 3.66. The molecule has 4 unspecified atom stereocenters. The summed E-state index contributed by atoms with van der Waals surface area (Å²) in [6.07, 6.45) is 1.91. The second-order valence-electron chi connectivity index (χ2n) is 14.1. The van der Waals surface area contributed by atoms with Gasteiger partial charge in [-0.1, -0.05) is 164 Å². The first-order chi connectivity index (χ1) is 27.2. The van der Waals surface area contributed by atoms with E-state index < -0.39 is 0 Å². The van der Waals surface area contributed by atoms with Crippen molar-refractivity contribution in [2.75, 3.05) is 0 Å². The van der Waals surface area contributed by atoms with Crippen molar-refractivity contribution in [2.45, 2.75) is 24.5 Å². The Bertz CT molecular complexity index is 2650. The Morgan fingerprint density at radius 3 is 1.73 bits per heavy atom. The summed E-state index contributed by atoms with van der Waals surface area (Å²) in [5, 5.41) is 17.2. The number of nitrogens with zero attached hydrogens (tertiary/aromatic N) is 1. The largest absolute Gasteiger partial charge is 0.456 e. The summed E-state index contributed by atoms with van der Waals surface area (Å²) in [6.45, 7) is 0. The molecule has 2 aliphatic rings. The van der Waals surface area contributed by atoms with E-state index in [9.17, 15) is 0 Å². The fraction of sp³-hybridized carbons (Fsp3) is 0.0816. The fourth-order valence-corrected chi connectivity index (χ4v) is 7.87. The van der Waals surface area contributed by atoms with Gasteiger partial charge in [-0.05, 0) is 63.2 Å². The zero-order chi connectivity index (χ0) is 36.6. The van der Waals surface area contributed by atoms with Crippen molar-refractivity contribution < 1.29 is 4.42 Å². The summed E-state index contributed by atoms with van der Waals surface area (Å²) in [5.74, 6) is 0.852. The summed E-state index contributed by atoms with van der Waals surface area (Å²) >= 11 is 0. The number of hydrogen-bond donors (Lipinski definition) is 4. The monoisotopic (exact) mass is 713 g/mol. The molecule has 2 aliphatic heterocycles. The Kier molecular flexibility index (Phi) is 8.52. The average molecular weight is 714 g/mol. The van der Waals surface area contributed by atoms with Crippen LogP contribution in [0.15, 0.2) is 197 Å². The molecule has 55 heavy (non-hydrogen) atoms. The predicted molar refractivity (Wildman–Crippen MR) is 223 cm³/mol. The number of fused-ring (bicyclic) bond motifs is 3. The van der Waals surface area contributed by atoms with Crippen LogP contribution >= 0.6 is 0 Å². The molecular formula is C49H39N5O. The van der Waals surface area contributed by atoms with Crippen molar-refractivity contribution in [1.29, 1.82) is 0 Å². The van der Waals surface area contributed by atoms with Crippen LogP contribution in [0, 0.1) is 0 Å². The highest BCUT2D eigenvalue weighted by Crippen LogP contribution is 2.40. The van der Waals surface area contributed by atoms with Crippen molar-refractivity contribution in [3.8, 4) is 11.1 Å². The molecule has 8 aromatic rings. The van der Waals surface area contributed by atoms with E-state index >= 15 is 0 Å². The van der Waals surface area contributed by atoms with Crippen molar-refractivity contribution in [3.05, 3.63) is 221 Å². The third-order valence-electron chi connectivity index (χ3n) is 10.6. The second-order valence-corrected chi connectivity index (χ2v) is 14.1. The molecule has 1 aromatic heterocycles. The normalized spacial score (nSPS) is 19.6. The van der Waals surface area contributed by atoms with E-state index in [0.29, 0.717) is 0 Å². The molecule has 0 spiro atoms. The van der Waals surface area contributed by atoms with Crippen LogP contribution < -0.4 is 21.3 Å². The molecule has 0 radical (unpaired) electrons. The second kappa shape index (κ2) is 14.3. The Hall–Kier alpha value is -6.73. The van der Waals surface area contributed by atoms with E-state index in [-0.39, 0.29) is 24.5 Å². The molecule has 0 aliphatic carbocycles. The van der Waals surface area contributed by atoms with Crippen LogP contribution in [-0.2, 0) is 0 Å². The first kappa shape index (κ1) is 32.9. The van der Waals surface area contributed by atoms with Gasteiger partial charge in [-0.3, -0.25) is 10.6 Å². The number of benzene rings is 7. The van der Waals surface area contributed by atoms with E-state index in [2.05, 4.69) is 191 Å². The lowest BCUT2D eigenvalue weighted by atomic mass is 9.92. The molecule has 4 N–H and O–H groups in total. The van der Waals surface area contributed by atoms with Gasteiger partial charge in [0.25, 0.3) is 0 Å². The van der Waals surface area contributed by atoms with Gasteiger partial charge in [0, 0.05) is 22.0 Å². The number of nitrogens with one attached hydrogen (secondary N) is 4. The zero-order valence-electron chi connectivity index (χ0n) is 30.1. The predicted octanol–water partition coefficient (Wildman–Crippen LogP) is 10.6. The molecule has 0 bridgehead atoms. The SMILES string of the molecule is C1=C(c2ccccc2)NC(c2ccccc2)NC1c1cc(-c2ccc(C3=NC(c4ccccc4)NC(c4ccccc4)N3)cc2)c2c(c1)oc1ccccc12. The van der Waals surface area contributed by atoms with E-state index in [1.807, 2.05) is 18.2 Å². The van der Waals surface area contributed by atoms with Crippen molar-refractivity contribution in [2.24, 2.45) is 4.99 Å². The highest BCUT2D eigenvalue weighted by Gasteiger charge is 2.27. The Morgan fingerprint density at radius 1 is 0.455 bits per heavy atom. The number of amidine groups is 1. The fourth-order valence-electron chi connectivity index (χ4n) is 7.87. The maximum absolute atomic E-state index is 6.60. The molecule has 266 valence electrons. The Morgan fingerprint density at radius 2 is 1.04 bits per heavy atom. The number of hydrogen-bond acceptors (Lipinski definition) is 6. The number of furan rings is 1. The molecule has 4 atom stereocenters. The van der Waals surface area contributed by atoms with Crippen LogP contribution in [0.3, 0.4) is 0 Å². The molecule has 10 rings (SSSR count). The van der Waals surface area contributed by atoms with Gasteiger partial charge in [0.2, 0.25) is 0 Å². The first-order valence-electron chi connectivity index (χ1n) is 18.8. The maximum atomic E-state index is 6.60. The van der Waals surface area contributed by atoms with E-state index in [4.69, 9.17) is 9.41 Å². The molecule has 0 amide bonds. The highest BCUT2D eigenvalue weighted by atomic mass is 16.3. The summed E-state index contributed by atoms with van der Waals surface area (Å²) in [5.41, 5.74) is 11.8. The summed E-state index contributed by atoms with van der Waals surface area (Å²) in [4.78, 5) is 5.18. The lowest BCUT2D eigenvalue weighted by molar-refractivity contribution is 0.409. The van der Waals surface area contributed by atoms with Crippen molar-refractivity contribution in [1.82, 2.24) is 21.3 Å². The van der Waals surface area contributed by atoms with E-state index in [1.165, 1.54) is 5.56 Å². The summed E-state index contributed by atoms with van der Waals surface area (Å²) in [6, 6.07) is 63.6. The zero-order valence-corrected chi connectivity index (χ0v) is 30.1. The third-order valence-corrected chi connectivity index (χ3v) is 10.6. The van der Waals surface area contributed by atoms with Crippen LogP contribution in [0.4, 0.5) is 0 Å². The quantitative estimate of drug-likeness (QED) is 0.132. The molecule has 0 saturated heterocycles. The molecule has 7 aromatic carbocycles. The van der Waals surface area contributed by atoms with Crippen LogP contribution in [0.1, 0.15) is 57.9 Å². The highest BCUT2D eigenvalue weighted by molar-refractivity contribution is 6.13. The topological polar surface area (TPSA) is 73.6 Å². The van der Waals surface area contributed by atoms with Crippen molar-refractivity contribution >= 4 is 33.5 Å². The molecule has 0 fully saturated rings. The molecule has 3 heterocycles. The van der Waals surface area contributed by atoms with Gasteiger partial charge in [0.15, 0.2) is 0 Å². The molecular weight excluding hydrogens is 675 g/mol. The number of aliphatic imine (C=N–C) groups is 1. The number of rotatable bonds is 7. The minimum atomic E-state index is -0.193. The minimum absolute atomic E-state index is 0.0850. The maximum Gasteiger partial charge on any atom is 0.136 e. The lowest BCUT2D eigenvalue weighted by Gasteiger charge is -2.33. The summed E-state index contributed by atoms with van der Waals surface area (Å²) < 4.78 is 6.60. The lowest BCUT2D eigenvalue weighted by Crippen LogP contribution is -2.44. The standard InChI is InChI=1S/C49H39N5O/c1-5-15-33(16-6-1)41-31-42(51-46(50-41)34-17-7-2-8-18-34)38-29-40(45-39-23-13-14-24-43(39)55-44(45)30-38)32-25-27-37(28-26-32)49-53-47(35-19-9-3-10-20-35)52-48(54-49)36-21-11-4-12-22-36/h1-31,42,46-48,50-52H,(H,53,54). The van der Waals surface area contributed by atoms with Gasteiger partial charge >= 0.3 is 0 Å². The molecule has 0 saturated carbocycles. The summed E-state index contributed by atoms with van der Waals surface area (Å²) in [7, 11) is 0. The van der Waals surface area contributed by atoms with Gasteiger partial charge in [-0.15, -0.1) is 0 Å². The van der Waals surface area contributed by atoms with Crippen LogP contribution in [-0.4, -0.2) is 5.84 Å². The van der Waals surface area contributed by atoms with Gasteiger partial charge in [-0.2, -0.15) is 0 Å². The number of para-hydroxylation sites is 1. The minimum Gasteiger partial charge on any atom is -0.456 e. The van der Waals surface area contributed by atoms with Gasteiger partial charge in [0.1, 0.15) is 35.5 Å². The van der Waals surface area contributed by atoms with Gasteiger partial charge in [0.05, 0.1) is 6.04 Å². The van der Waals surface area contributed by atoms with Crippen LogP contribution in [0.5, 0.6) is 0 Å². The molecule has 6 nitrogen and oxygen atoms in total. The van der Waals surface area contributed by atoms with Crippen LogP contribution in [0.2, 0.25) is 0 Å². The Labute approximate surface area is 320 Å². The first-order valence-corrected chi connectivity index (χ1v) is 18.8. The van der Waals surface area contributed by atoms with Gasteiger partial charge < -0.3 is 15.1 Å². The van der Waals surface area contributed by atoms with E-state index in [1.54, 1.807) is 0 Å². The van der Waals surface area contributed by atoms with Gasteiger partial charge in [-0.25, -0.2) is 4.99 Å². The van der Waals surface area contributed by atoms with Crippen LogP contribution in [0.25, 0.3) is 38.8 Å².